The maximum atomic E-state index is 11.5. The molecule has 4 nitrogen and oxygen atoms in total. The van der Waals surface area contributed by atoms with E-state index in [0.717, 1.165) is 38.6 Å². The molecule has 1 aliphatic carbocycles. The molecule has 2 rings (SSSR count). The summed E-state index contributed by atoms with van der Waals surface area (Å²) >= 11 is 0. The molecule has 0 aromatic rings. The number of amides is 1. The van der Waals surface area contributed by atoms with Gasteiger partial charge in [-0.25, -0.2) is 0 Å². The summed E-state index contributed by atoms with van der Waals surface area (Å²) in [5.41, 5.74) is 5.50. The van der Waals surface area contributed by atoms with Crippen LogP contribution in [0.3, 0.4) is 0 Å². The van der Waals surface area contributed by atoms with E-state index in [1.807, 2.05) is 0 Å². The van der Waals surface area contributed by atoms with Crippen molar-refractivity contribution in [2.75, 3.05) is 39.8 Å². The predicted octanol–water partition coefficient (Wildman–Crippen LogP) is 0.916. The zero-order valence-corrected chi connectivity index (χ0v) is 11.6. The first kappa shape index (κ1) is 13.8. The number of carbonyl (C=O) groups is 1. The molecule has 0 radical (unpaired) electrons. The molecule has 1 saturated heterocycles. The number of rotatable bonds is 3. The van der Waals surface area contributed by atoms with Gasteiger partial charge in [-0.15, -0.1) is 0 Å². The lowest BCUT2D eigenvalue weighted by molar-refractivity contribution is -0.122. The van der Waals surface area contributed by atoms with Crippen LogP contribution in [-0.4, -0.2) is 55.5 Å². The van der Waals surface area contributed by atoms with Gasteiger partial charge in [0.25, 0.3) is 0 Å². The Labute approximate surface area is 110 Å². The van der Waals surface area contributed by atoms with Crippen molar-refractivity contribution in [3.05, 3.63) is 0 Å². The fourth-order valence-electron chi connectivity index (χ4n) is 3.32. The Morgan fingerprint density at radius 3 is 2.56 bits per heavy atom. The summed E-state index contributed by atoms with van der Waals surface area (Å²) in [4.78, 5) is 16.2. The van der Waals surface area contributed by atoms with Crippen molar-refractivity contribution in [2.24, 2.45) is 17.6 Å². The Bertz CT molecular complexity index is 276. The molecule has 1 heterocycles. The smallest absolute Gasteiger partial charge is 0.223 e. The first-order chi connectivity index (χ1) is 8.65. The molecule has 1 amide bonds. The van der Waals surface area contributed by atoms with Crippen LogP contribution in [-0.2, 0) is 4.79 Å². The maximum Gasteiger partial charge on any atom is 0.223 e. The van der Waals surface area contributed by atoms with Gasteiger partial charge >= 0.3 is 0 Å². The summed E-state index contributed by atoms with van der Waals surface area (Å²) in [6.07, 6.45) is 6.92. The van der Waals surface area contributed by atoms with E-state index in [2.05, 4.69) is 16.8 Å². The summed E-state index contributed by atoms with van der Waals surface area (Å²) in [6.45, 7) is 4.97. The molecule has 1 saturated carbocycles. The number of likely N-dealkylation sites (N-methyl/N-ethyl adjacent to an activating group) is 1. The molecule has 104 valence electrons. The lowest BCUT2D eigenvalue weighted by Crippen LogP contribution is -2.39. The molecular weight excluding hydrogens is 226 g/mol. The van der Waals surface area contributed by atoms with Crippen molar-refractivity contribution >= 4 is 5.91 Å². The summed E-state index contributed by atoms with van der Waals surface area (Å²) in [6, 6.07) is 0. The SMILES string of the molecule is CN1CCN(CC2CCCCC2)C[C@H](C(N)=O)C1. The van der Waals surface area contributed by atoms with Crippen LogP contribution in [0.5, 0.6) is 0 Å². The van der Waals surface area contributed by atoms with Gasteiger partial charge in [0.2, 0.25) is 5.91 Å². The van der Waals surface area contributed by atoms with Crippen LogP contribution in [0.1, 0.15) is 32.1 Å². The van der Waals surface area contributed by atoms with Crippen LogP contribution >= 0.6 is 0 Å². The Morgan fingerprint density at radius 2 is 1.89 bits per heavy atom. The zero-order chi connectivity index (χ0) is 13.0. The van der Waals surface area contributed by atoms with E-state index in [4.69, 9.17) is 5.73 Å². The molecule has 4 heteroatoms. The molecule has 1 aliphatic heterocycles. The van der Waals surface area contributed by atoms with E-state index >= 15 is 0 Å². The maximum absolute atomic E-state index is 11.5. The third kappa shape index (κ3) is 3.95. The zero-order valence-electron chi connectivity index (χ0n) is 11.6. The Hall–Kier alpha value is -0.610. The number of hydrogen-bond acceptors (Lipinski definition) is 3. The first-order valence-electron chi connectivity index (χ1n) is 7.35. The molecule has 18 heavy (non-hydrogen) atoms. The van der Waals surface area contributed by atoms with Crippen molar-refractivity contribution in [3.63, 3.8) is 0 Å². The van der Waals surface area contributed by atoms with Gasteiger partial charge in [-0.3, -0.25) is 4.79 Å². The Balaban J connectivity index is 1.88. The molecule has 1 atom stereocenters. The van der Waals surface area contributed by atoms with Crippen molar-refractivity contribution < 1.29 is 4.79 Å². The highest BCUT2D eigenvalue weighted by Gasteiger charge is 2.26. The molecule has 0 aromatic heterocycles. The Kier molecular flexibility index (Phi) is 5.01. The van der Waals surface area contributed by atoms with Gasteiger partial charge in [-0.2, -0.15) is 0 Å². The minimum absolute atomic E-state index is 0.00101. The van der Waals surface area contributed by atoms with E-state index < -0.39 is 0 Å². The predicted molar refractivity (Wildman–Crippen MR) is 73.2 cm³/mol. The second-order valence-electron chi connectivity index (χ2n) is 6.13. The fourth-order valence-corrected chi connectivity index (χ4v) is 3.32. The molecule has 2 N–H and O–H groups in total. The second kappa shape index (κ2) is 6.53. The van der Waals surface area contributed by atoms with Crippen molar-refractivity contribution in [3.8, 4) is 0 Å². The molecular formula is C14H27N3O. The van der Waals surface area contributed by atoms with Gasteiger partial charge in [-0.05, 0) is 25.8 Å². The summed E-state index contributed by atoms with van der Waals surface area (Å²) in [5.74, 6) is 0.703. The molecule has 0 aromatic carbocycles. The van der Waals surface area contributed by atoms with Crippen LogP contribution in [0.4, 0.5) is 0 Å². The van der Waals surface area contributed by atoms with Crippen LogP contribution in [0.2, 0.25) is 0 Å². The summed E-state index contributed by atoms with van der Waals surface area (Å²) in [5, 5.41) is 0. The van der Waals surface area contributed by atoms with Gasteiger partial charge in [-0.1, -0.05) is 19.3 Å². The highest BCUT2D eigenvalue weighted by Crippen LogP contribution is 2.25. The van der Waals surface area contributed by atoms with E-state index in [1.165, 1.54) is 32.1 Å². The highest BCUT2D eigenvalue weighted by atomic mass is 16.1. The lowest BCUT2D eigenvalue weighted by atomic mass is 9.89. The van der Waals surface area contributed by atoms with Gasteiger partial charge in [0, 0.05) is 32.7 Å². The van der Waals surface area contributed by atoms with Crippen LogP contribution in [0.25, 0.3) is 0 Å². The average molecular weight is 253 g/mol. The highest BCUT2D eigenvalue weighted by molar-refractivity contribution is 5.77. The van der Waals surface area contributed by atoms with Crippen molar-refractivity contribution in [2.45, 2.75) is 32.1 Å². The van der Waals surface area contributed by atoms with Gasteiger partial charge in [0.05, 0.1) is 5.92 Å². The monoisotopic (exact) mass is 253 g/mol. The van der Waals surface area contributed by atoms with E-state index in [1.54, 1.807) is 0 Å². The number of hydrogen-bond donors (Lipinski definition) is 1. The van der Waals surface area contributed by atoms with Gasteiger partial charge < -0.3 is 15.5 Å². The summed E-state index contributed by atoms with van der Waals surface area (Å²) in [7, 11) is 2.08. The Morgan fingerprint density at radius 1 is 1.17 bits per heavy atom. The van der Waals surface area contributed by atoms with Crippen molar-refractivity contribution in [1.29, 1.82) is 0 Å². The van der Waals surface area contributed by atoms with Gasteiger partial charge in [0.1, 0.15) is 0 Å². The second-order valence-corrected chi connectivity index (χ2v) is 6.13. The largest absolute Gasteiger partial charge is 0.369 e. The topological polar surface area (TPSA) is 49.6 Å². The standard InChI is InChI=1S/C14H27N3O/c1-16-7-8-17(11-13(10-16)14(15)18)9-12-5-3-2-4-6-12/h12-13H,2-11H2,1H3,(H2,15,18)/t13-/m1/s1. The van der Waals surface area contributed by atoms with E-state index in [9.17, 15) is 4.79 Å². The number of carbonyl (C=O) groups excluding carboxylic acids is 1. The molecule has 2 aliphatic rings. The molecule has 0 unspecified atom stereocenters. The number of nitrogens with two attached hydrogens (primary N) is 1. The first-order valence-corrected chi connectivity index (χ1v) is 7.35. The minimum Gasteiger partial charge on any atom is -0.369 e. The van der Waals surface area contributed by atoms with Crippen LogP contribution in [0.15, 0.2) is 0 Å². The third-order valence-corrected chi connectivity index (χ3v) is 4.45. The van der Waals surface area contributed by atoms with Gasteiger partial charge in [0.15, 0.2) is 0 Å². The molecule has 0 bridgehead atoms. The average Bonchev–Trinajstić information content (AvgIpc) is 2.53. The van der Waals surface area contributed by atoms with Crippen LogP contribution < -0.4 is 5.73 Å². The molecule has 0 spiro atoms. The van der Waals surface area contributed by atoms with E-state index in [0.29, 0.717) is 0 Å². The normalized spacial score (nSPS) is 29.1. The number of nitrogens with zero attached hydrogens (tertiary/aromatic N) is 2. The summed E-state index contributed by atoms with van der Waals surface area (Å²) < 4.78 is 0. The quantitative estimate of drug-likeness (QED) is 0.813. The molecule has 2 fully saturated rings. The van der Waals surface area contributed by atoms with E-state index in [-0.39, 0.29) is 11.8 Å². The number of primary amides is 1. The van der Waals surface area contributed by atoms with Crippen molar-refractivity contribution in [1.82, 2.24) is 9.80 Å². The van der Waals surface area contributed by atoms with Crippen LogP contribution in [0, 0.1) is 11.8 Å². The fraction of sp³-hybridized carbons (Fsp3) is 0.929. The minimum atomic E-state index is -0.141. The third-order valence-electron chi connectivity index (χ3n) is 4.45. The lowest BCUT2D eigenvalue weighted by Gasteiger charge is -2.29.